The van der Waals surface area contributed by atoms with Crippen LogP contribution in [0.3, 0.4) is 0 Å². The van der Waals surface area contributed by atoms with Crippen LogP contribution < -0.4 is 5.56 Å². The summed E-state index contributed by atoms with van der Waals surface area (Å²) in [6.07, 6.45) is 0. The summed E-state index contributed by atoms with van der Waals surface area (Å²) in [6, 6.07) is 16.1. The second kappa shape index (κ2) is 3.68. The molecule has 4 aromatic rings. The predicted molar refractivity (Wildman–Crippen MR) is 82.1 cm³/mol. The Kier molecular flexibility index (Phi) is 2.09. The Balaban J connectivity index is 2.45. The van der Waals surface area contributed by atoms with Gasteiger partial charge in [-0.1, -0.05) is 36.4 Å². The summed E-state index contributed by atoms with van der Waals surface area (Å²) in [5.41, 5.74) is 1.12. The topological polar surface area (TPSA) is 22.0 Å². The number of hydrogen-bond acceptors (Lipinski definition) is 2. The molecule has 0 unspecified atom stereocenters. The molecule has 2 nitrogen and oxygen atoms in total. The zero-order valence-corrected chi connectivity index (χ0v) is 11.2. The number of aryl methyl sites for hydroxylation is 1. The van der Waals surface area contributed by atoms with E-state index in [1.54, 1.807) is 15.9 Å². The molecule has 0 N–H and O–H groups in total. The summed E-state index contributed by atoms with van der Waals surface area (Å²) in [5.74, 6) is 0. The first-order chi connectivity index (χ1) is 9.27. The highest BCUT2D eigenvalue weighted by Crippen LogP contribution is 2.36. The molecule has 0 saturated carbocycles. The number of benzene rings is 2. The van der Waals surface area contributed by atoms with Gasteiger partial charge in [0.15, 0.2) is 0 Å². The number of thiophene rings is 1. The van der Waals surface area contributed by atoms with Crippen LogP contribution >= 0.6 is 11.3 Å². The third-order valence-corrected chi connectivity index (χ3v) is 4.80. The van der Waals surface area contributed by atoms with E-state index in [4.69, 9.17) is 0 Å². The SMILES string of the molecule is Cn1c(=O)c2ccccc2c2sc3ccccc3c21. The Hall–Kier alpha value is -2.13. The van der Waals surface area contributed by atoms with Crippen LogP contribution in [-0.2, 0) is 7.05 Å². The van der Waals surface area contributed by atoms with Gasteiger partial charge in [-0.3, -0.25) is 4.79 Å². The van der Waals surface area contributed by atoms with Gasteiger partial charge in [-0.2, -0.15) is 0 Å². The summed E-state index contributed by atoms with van der Waals surface area (Å²) in [5, 5.41) is 3.01. The lowest BCUT2D eigenvalue weighted by Gasteiger charge is -2.05. The highest BCUT2D eigenvalue weighted by Gasteiger charge is 2.13. The van der Waals surface area contributed by atoms with E-state index in [2.05, 4.69) is 12.1 Å². The van der Waals surface area contributed by atoms with Crippen LogP contribution in [-0.4, -0.2) is 4.57 Å². The molecule has 0 aliphatic carbocycles. The second-order valence-electron chi connectivity index (χ2n) is 4.69. The van der Waals surface area contributed by atoms with E-state index in [1.165, 1.54) is 9.40 Å². The minimum absolute atomic E-state index is 0.0756. The van der Waals surface area contributed by atoms with Crippen LogP contribution in [0.25, 0.3) is 31.1 Å². The molecule has 2 aromatic heterocycles. The highest BCUT2D eigenvalue weighted by atomic mass is 32.1. The quantitative estimate of drug-likeness (QED) is 0.472. The predicted octanol–water partition coefficient (Wildman–Crippen LogP) is 3.91. The first kappa shape index (κ1) is 10.8. The molecule has 19 heavy (non-hydrogen) atoms. The molecular formula is C16H11NOS. The minimum Gasteiger partial charge on any atom is -0.309 e. The summed E-state index contributed by atoms with van der Waals surface area (Å²) >= 11 is 1.75. The van der Waals surface area contributed by atoms with Gasteiger partial charge in [0.1, 0.15) is 0 Å². The van der Waals surface area contributed by atoms with Gasteiger partial charge in [0.25, 0.3) is 5.56 Å². The number of nitrogens with zero attached hydrogens (tertiary/aromatic N) is 1. The largest absolute Gasteiger partial charge is 0.309 e. The lowest BCUT2D eigenvalue weighted by atomic mass is 10.1. The Labute approximate surface area is 113 Å². The van der Waals surface area contributed by atoms with Crippen molar-refractivity contribution in [1.29, 1.82) is 0 Å². The van der Waals surface area contributed by atoms with Crippen molar-refractivity contribution in [2.75, 3.05) is 0 Å². The maximum atomic E-state index is 12.5. The monoisotopic (exact) mass is 265 g/mol. The third-order valence-electron chi connectivity index (χ3n) is 3.61. The van der Waals surface area contributed by atoms with Crippen LogP contribution in [0.4, 0.5) is 0 Å². The van der Waals surface area contributed by atoms with Crippen molar-refractivity contribution >= 4 is 42.4 Å². The third kappa shape index (κ3) is 1.33. The van der Waals surface area contributed by atoms with Crippen molar-refractivity contribution < 1.29 is 0 Å². The Bertz CT molecular complexity index is 994. The number of fused-ring (bicyclic) bond motifs is 5. The van der Waals surface area contributed by atoms with Gasteiger partial charge >= 0.3 is 0 Å². The molecule has 0 atom stereocenters. The zero-order valence-electron chi connectivity index (χ0n) is 10.4. The molecule has 4 rings (SSSR count). The number of rotatable bonds is 0. The fraction of sp³-hybridized carbons (Fsp3) is 0.0625. The van der Waals surface area contributed by atoms with E-state index in [-0.39, 0.29) is 5.56 Å². The summed E-state index contributed by atoms with van der Waals surface area (Å²) in [7, 11) is 1.86. The molecule has 0 saturated heterocycles. The van der Waals surface area contributed by atoms with E-state index in [0.717, 1.165) is 21.7 Å². The van der Waals surface area contributed by atoms with Crippen LogP contribution in [0.5, 0.6) is 0 Å². The summed E-state index contributed by atoms with van der Waals surface area (Å²) < 4.78 is 4.19. The van der Waals surface area contributed by atoms with Gasteiger partial charge in [0.2, 0.25) is 0 Å². The smallest absolute Gasteiger partial charge is 0.258 e. The van der Waals surface area contributed by atoms with Crippen molar-refractivity contribution in [3.05, 3.63) is 58.9 Å². The van der Waals surface area contributed by atoms with Gasteiger partial charge in [-0.05, 0) is 12.1 Å². The Morgan fingerprint density at radius 3 is 2.32 bits per heavy atom. The maximum absolute atomic E-state index is 12.5. The van der Waals surface area contributed by atoms with Gasteiger partial charge < -0.3 is 4.57 Å². The van der Waals surface area contributed by atoms with Crippen LogP contribution in [0.15, 0.2) is 53.3 Å². The molecule has 2 aromatic carbocycles. The lowest BCUT2D eigenvalue weighted by molar-refractivity contribution is 0.923. The molecule has 0 fully saturated rings. The molecule has 0 amide bonds. The van der Waals surface area contributed by atoms with Crippen LogP contribution in [0.2, 0.25) is 0 Å². The van der Waals surface area contributed by atoms with Crippen molar-refractivity contribution in [3.8, 4) is 0 Å². The number of aromatic nitrogens is 1. The Morgan fingerprint density at radius 1 is 0.895 bits per heavy atom. The van der Waals surface area contributed by atoms with Crippen molar-refractivity contribution in [2.45, 2.75) is 0 Å². The average molecular weight is 265 g/mol. The second-order valence-corrected chi connectivity index (χ2v) is 5.74. The van der Waals surface area contributed by atoms with E-state index in [1.807, 2.05) is 43.4 Å². The molecule has 0 aliphatic rings. The van der Waals surface area contributed by atoms with Crippen LogP contribution in [0, 0.1) is 0 Å². The summed E-state index contributed by atoms with van der Waals surface area (Å²) in [4.78, 5) is 12.5. The van der Waals surface area contributed by atoms with Gasteiger partial charge in [0.05, 0.1) is 10.2 Å². The lowest BCUT2D eigenvalue weighted by Crippen LogP contribution is -2.16. The number of pyridine rings is 1. The fourth-order valence-electron chi connectivity index (χ4n) is 2.70. The molecule has 92 valence electrons. The standard InChI is InChI=1S/C16H11NOS/c1-17-14-12-8-4-5-9-13(12)19-15(14)10-6-2-3-7-11(10)16(17)18/h2-9H,1H3. The van der Waals surface area contributed by atoms with E-state index < -0.39 is 0 Å². The molecule has 0 bridgehead atoms. The fourth-order valence-corrected chi connectivity index (χ4v) is 3.97. The summed E-state index contributed by atoms with van der Waals surface area (Å²) in [6.45, 7) is 0. The molecule has 0 spiro atoms. The van der Waals surface area contributed by atoms with Gasteiger partial charge in [-0.15, -0.1) is 11.3 Å². The van der Waals surface area contributed by atoms with E-state index in [9.17, 15) is 4.79 Å². The van der Waals surface area contributed by atoms with Gasteiger partial charge in [0, 0.05) is 27.9 Å². The maximum Gasteiger partial charge on any atom is 0.258 e. The van der Waals surface area contributed by atoms with Crippen LogP contribution in [0.1, 0.15) is 0 Å². The molecule has 3 heteroatoms. The molecule has 2 heterocycles. The van der Waals surface area contributed by atoms with Gasteiger partial charge in [-0.25, -0.2) is 0 Å². The first-order valence-corrected chi connectivity index (χ1v) is 6.98. The van der Waals surface area contributed by atoms with E-state index >= 15 is 0 Å². The van der Waals surface area contributed by atoms with Crippen molar-refractivity contribution in [2.24, 2.45) is 7.05 Å². The van der Waals surface area contributed by atoms with E-state index in [0.29, 0.717) is 0 Å². The zero-order chi connectivity index (χ0) is 13.0. The molecule has 0 aliphatic heterocycles. The normalized spacial score (nSPS) is 11.6. The average Bonchev–Trinajstić information content (AvgIpc) is 2.84. The molecular weight excluding hydrogens is 254 g/mol. The van der Waals surface area contributed by atoms with Crippen molar-refractivity contribution in [3.63, 3.8) is 0 Å². The highest BCUT2D eigenvalue weighted by molar-refractivity contribution is 7.26. The Morgan fingerprint density at radius 2 is 1.53 bits per heavy atom. The minimum atomic E-state index is 0.0756. The number of hydrogen-bond donors (Lipinski definition) is 0. The van der Waals surface area contributed by atoms with Crippen molar-refractivity contribution in [1.82, 2.24) is 4.57 Å². The first-order valence-electron chi connectivity index (χ1n) is 6.16. The molecule has 0 radical (unpaired) electrons.